The van der Waals surface area contributed by atoms with Crippen LogP contribution in [-0.2, 0) is 4.79 Å². The normalized spacial score (nSPS) is 14.0. The first-order valence-electron chi connectivity index (χ1n) is 5.61. The molecule has 0 aliphatic rings. The van der Waals surface area contributed by atoms with Gasteiger partial charge in [0.25, 0.3) is 0 Å². The van der Waals surface area contributed by atoms with Crippen molar-refractivity contribution in [1.82, 2.24) is 4.98 Å². The molecule has 0 fully saturated rings. The van der Waals surface area contributed by atoms with Crippen LogP contribution in [0.3, 0.4) is 0 Å². The van der Waals surface area contributed by atoms with E-state index in [2.05, 4.69) is 10.3 Å². The number of rotatable bonds is 5. The van der Waals surface area contributed by atoms with E-state index >= 15 is 0 Å². The third-order valence-corrected chi connectivity index (χ3v) is 3.30. The highest BCUT2D eigenvalue weighted by Crippen LogP contribution is 2.22. The van der Waals surface area contributed by atoms with E-state index < -0.39 is 11.4 Å². The summed E-state index contributed by atoms with van der Waals surface area (Å²) in [6.45, 7) is 5.62. The number of carbonyl (C=O) groups is 1. The molecule has 98 valence electrons. The first-order valence-corrected chi connectivity index (χ1v) is 6.02. The molecule has 1 rings (SSSR count). The van der Waals surface area contributed by atoms with E-state index in [1.165, 1.54) is 0 Å². The minimum absolute atomic E-state index is 0.0465. The molecular formula is C12H18N4OS. The van der Waals surface area contributed by atoms with Crippen LogP contribution in [0.5, 0.6) is 0 Å². The highest BCUT2D eigenvalue weighted by Gasteiger charge is 2.34. The fourth-order valence-corrected chi connectivity index (χ4v) is 1.52. The van der Waals surface area contributed by atoms with Gasteiger partial charge in [-0.1, -0.05) is 26.1 Å². The van der Waals surface area contributed by atoms with Gasteiger partial charge in [-0.05, 0) is 25.0 Å². The van der Waals surface area contributed by atoms with Crippen LogP contribution in [0.2, 0.25) is 0 Å². The van der Waals surface area contributed by atoms with Crippen LogP contribution in [0.15, 0.2) is 18.3 Å². The Kier molecular flexibility index (Phi) is 4.24. The molecule has 0 saturated heterocycles. The SMILES string of the molecule is CC(C)C(C)(Nc1ccc(C(N)=S)nc1)C(N)=O. The lowest BCUT2D eigenvalue weighted by molar-refractivity contribution is -0.123. The maximum atomic E-state index is 11.5. The molecule has 0 spiro atoms. The van der Waals surface area contributed by atoms with Crippen LogP contribution in [0.25, 0.3) is 0 Å². The van der Waals surface area contributed by atoms with Gasteiger partial charge in [-0.3, -0.25) is 9.78 Å². The molecule has 1 heterocycles. The van der Waals surface area contributed by atoms with Gasteiger partial charge < -0.3 is 16.8 Å². The Balaban J connectivity index is 2.95. The number of hydrogen-bond donors (Lipinski definition) is 3. The first-order chi connectivity index (χ1) is 8.27. The summed E-state index contributed by atoms with van der Waals surface area (Å²) < 4.78 is 0. The summed E-state index contributed by atoms with van der Waals surface area (Å²) in [4.78, 5) is 15.9. The van der Waals surface area contributed by atoms with Crippen molar-refractivity contribution in [2.24, 2.45) is 17.4 Å². The molecule has 0 radical (unpaired) electrons. The zero-order chi connectivity index (χ0) is 13.9. The van der Waals surface area contributed by atoms with Gasteiger partial charge in [0, 0.05) is 0 Å². The molecule has 1 atom stereocenters. The number of amides is 1. The van der Waals surface area contributed by atoms with Gasteiger partial charge in [0.2, 0.25) is 5.91 Å². The van der Waals surface area contributed by atoms with Crippen molar-refractivity contribution in [3.63, 3.8) is 0 Å². The molecule has 5 nitrogen and oxygen atoms in total. The number of aromatic nitrogens is 1. The number of pyridine rings is 1. The van der Waals surface area contributed by atoms with Crippen molar-refractivity contribution >= 4 is 28.8 Å². The van der Waals surface area contributed by atoms with Gasteiger partial charge >= 0.3 is 0 Å². The fourth-order valence-electron chi connectivity index (χ4n) is 1.40. The van der Waals surface area contributed by atoms with Gasteiger partial charge in [0.15, 0.2) is 0 Å². The second-order valence-electron chi connectivity index (χ2n) is 4.64. The fraction of sp³-hybridized carbons (Fsp3) is 0.417. The van der Waals surface area contributed by atoms with Gasteiger partial charge in [0.05, 0.1) is 17.6 Å². The van der Waals surface area contributed by atoms with E-state index in [9.17, 15) is 4.79 Å². The summed E-state index contributed by atoms with van der Waals surface area (Å²) in [7, 11) is 0. The van der Waals surface area contributed by atoms with Crippen LogP contribution >= 0.6 is 12.2 Å². The Morgan fingerprint density at radius 3 is 2.39 bits per heavy atom. The zero-order valence-corrected chi connectivity index (χ0v) is 11.5. The van der Waals surface area contributed by atoms with Crippen LogP contribution in [0.1, 0.15) is 26.5 Å². The van der Waals surface area contributed by atoms with E-state index in [1.807, 2.05) is 13.8 Å². The molecule has 0 bridgehead atoms. The second kappa shape index (κ2) is 5.30. The van der Waals surface area contributed by atoms with Crippen molar-refractivity contribution in [3.05, 3.63) is 24.0 Å². The van der Waals surface area contributed by atoms with E-state index in [-0.39, 0.29) is 10.9 Å². The minimum atomic E-state index is -0.827. The van der Waals surface area contributed by atoms with Crippen LogP contribution in [0.4, 0.5) is 5.69 Å². The Bertz CT molecular complexity index is 458. The van der Waals surface area contributed by atoms with Crippen molar-refractivity contribution in [2.45, 2.75) is 26.3 Å². The van der Waals surface area contributed by atoms with Gasteiger partial charge in [-0.15, -0.1) is 0 Å². The van der Waals surface area contributed by atoms with Gasteiger partial charge in [-0.2, -0.15) is 0 Å². The lowest BCUT2D eigenvalue weighted by Gasteiger charge is -2.32. The molecule has 1 amide bonds. The molecule has 0 aliphatic carbocycles. The van der Waals surface area contributed by atoms with Crippen molar-refractivity contribution in [1.29, 1.82) is 0 Å². The van der Waals surface area contributed by atoms with E-state index in [0.29, 0.717) is 11.4 Å². The standard InChI is InChI=1S/C12H18N4OS/c1-7(2)12(3,11(14)17)16-8-4-5-9(10(13)18)15-6-8/h4-7,16H,1-3H3,(H2,13,18)(H2,14,17). The maximum Gasteiger partial charge on any atom is 0.243 e. The number of nitrogens with two attached hydrogens (primary N) is 2. The maximum absolute atomic E-state index is 11.5. The lowest BCUT2D eigenvalue weighted by atomic mass is 9.87. The Labute approximate surface area is 112 Å². The van der Waals surface area contributed by atoms with Crippen molar-refractivity contribution in [3.8, 4) is 0 Å². The Morgan fingerprint density at radius 2 is 2.06 bits per heavy atom. The van der Waals surface area contributed by atoms with Crippen molar-refractivity contribution in [2.75, 3.05) is 5.32 Å². The first kappa shape index (κ1) is 14.4. The molecule has 0 saturated carbocycles. The Hall–Kier alpha value is -1.69. The molecule has 18 heavy (non-hydrogen) atoms. The third kappa shape index (κ3) is 2.95. The lowest BCUT2D eigenvalue weighted by Crippen LogP contribution is -2.52. The van der Waals surface area contributed by atoms with Crippen molar-refractivity contribution < 1.29 is 4.79 Å². The highest BCUT2D eigenvalue weighted by molar-refractivity contribution is 7.80. The second-order valence-corrected chi connectivity index (χ2v) is 5.08. The summed E-state index contributed by atoms with van der Waals surface area (Å²) in [5.41, 5.74) is 11.3. The van der Waals surface area contributed by atoms with Crippen LogP contribution in [-0.4, -0.2) is 21.4 Å². The van der Waals surface area contributed by atoms with Crippen LogP contribution < -0.4 is 16.8 Å². The quantitative estimate of drug-likeness (QED) is 0.692. The van der Waals surface area contributed by atoms with E-state index in [0.717, 1.165) is 0 Å². The number of thiocarbonyl (C=S) groups is 1. The summed E-state index contributed by atoms with van der Waals surface area (Å²) in [5.74, 6) is -0.360. The monoisotopic (exact) mass is 266 g/mol. The topological polar surface area (TPSA) is 94.0 Å². The molecule has 1 aromatic heterocycles. The average Bonchev–Trinajstić information content (AvgIpc) is 2.29. The molecule has 6 heteroatoms. The summed E-state index contributed by atoms with van der Waals surface area (Å²) in [6.07, 6.45) is 1.58. The minimum Gasteiger partial charge on any atom is -0.388 e. The zero-order valence-electron chi connectivity index (χ0n) is 10.7. The van der Waals surface area contributed by atoms with E-state index in [4.69, 9.17) is 23.7 Å². The number of primary amides is 1. The molecular weight excluding hydrogens is 248 g/mol. The summed E-state index contributed by atoms with van der Waals surface area (Å²) >= 11 is 4.82. The highest BCUT2D eigenvalue weighted by atomic mass is 32.1. The molecule has 0 aliphatic heterocycles. The molecule has 5 N–H and O–H groups in total. The third-order valence-electron chi connectivity index (χ3n) is 3.09. The predicted molar refractivity (Wildman–Crippen MR) is 76.2 cm³/mol. The van der Waals surface area contributed by atoms with Gasteiger partial charge in [-0.25, -0.2) is 0 Å². The number of nitrogens with one attached hydrogen (secondary N) is 1. The molecule has 1 unspecified atom stereocenters. The largest absolute Gasteiger partial charge is 0.388 e. The molecule has 0 aromatic carbocycles. The van der Waals surface area contributed by atoms with Crippen LogP contribution in [0, 0.1) is 5.92 Å². The smallest absolute Gasteiger partial charge is 0.243 e. The van der Waals surface area contributed by atoms with E-state index in [1.54, 1.807) is 25.3 Å². The Morgan fingerprint density at radius 1 is 1.44 bits per heavy atom. The summed E-state index contributed by atoms with van der Waals surface area (Å²) in [5, 5.41) is 3.10. The number of anilines is 1. The number of carbonyl (C=O) groups excluding carboxylic acids is 1. The average molecular weight is 266 g/mol. The molecule has 1 aromatic rings. The number of nitrogens with zero attached hydrogens (tertiary/aromatic N) is 1. The summed E-state index contributed by atoms with van der Waals surface area (Å²) in [6, 6.07) is 3.47. The predicted octanol–water partition coefficient (Wildman–Crippen LogP) is 1.03. The number of hydrogen-bond acceptors (Lipinski definition) is 4. The van der Waals surface area contributed by atoms with Gasteiger partial charge in [0.1, 0.15) is 10.5 Å².